The third kappa shape index (κ3) is 6.31. The van der Waals surface area contributed by atoms with Crippen molar-refractivity contribution < 1.29 is 22.7 Å². The zero-order valence-corrected chi connectivity index (χ0v) is 22.0. The first-order valence-electron chi connectivity index (χ1n) is 12.0. The van der Waals surface area contributed by atoms with Crippen LogP contribution in [0.4, 0.5) is 0 Å². The first kappa shape index (κ1) is 26.3. The van der Waals surface area contributed by atoms with Crippen molar-refractivity contribution in [1.82, 2.24) is 14.9 Å². The fraction of sp³-hybridized carbons (Fsp3) is 0.385. The van der Waals surface area contributed by atoms with Gasteiger partial charge in [-0.05, 0) is 42.0 Å². The third-order valence-electron chi connectivity index (χ3n) is 5.96. The smallest absolute Gasteiger partial charge is 0.262 e. The van der Waals surface area contributed by atoms with E-state index >= 15 is 0 Å². The molecule has 1 aromatic heterocycles. The molecule has 4 rings (SSSR count). The second-order valence-electron chi connectivity index (χ2n) is 9.22. The fourth-order valence-electron chi connectivity index (χ4n) is 4.14. The van der Waals surface area contributed by atoms with Crippen LogP contribution in [0, 0.1) is 5.92 Å². The van der Waals surface area contributed by atoms with Crippen LogP contribution in [0.15, 0.2) is 65.6 Å². The van der Waals surface area contributed by atoms with E-state index in [1.165, 1.54) is 15.6 Å². The van der Waals surface area contributed by atoms with Crippen LogP contribution in [0.3, 0.4) is 0 Å². The van der Waals surface area contributed by atoms with E-state index in [1.54, 1.807) is 30.3 Å². The number of rotatable bonds is 9. The second-order valence-corrected chi connectivity index (χ2v) is 12.2. The molecule has 0 unspecified atom stereocenters. The number of ether oxygens (including phenoxy) is 1. The van der Waals surface area contributed by atoms with E-state index in [9.17, 15) is 18.0 Å². The Balaban J connectivity index is 1.37. The van der Waals surface area contributed by atoms with Gasteiger partial charge in [0.1, 0.15) is 6.04 Å². The molecule has 0 bridgehead atoms. The van der Waals surface area contributed by atoms with E-state index in [4.69, 9.17) is 4.74 Å². The van der Waals surface area contributed by atoms with Crippen molar-refractivity contribution in [3.8, 4) is 0 Å². The Morgan fingerprint density at radius 3 is 2.56 bits per heavy atom. The van der Waals surface area contributed by atoms with Crippen molar-refractivity contribution in [2.75, 3.05) is 26.2 Å². The van der Waals surface area contributed by atoms with Crippen LogP contribution in [0.5, 0.6) is 0 Å². The van der Waals surface area contributed by atoms with Gasteiger partial charge in [0.15, 0.2) is 0 Å². The minimum Gasteiger partial charge on any atom is -0.374 e. The summed E-state index contributed by atoms with van der Waals surface area (Å²) < 4.78 is 34.0. The molecule has 2 atom stereocenters. The Hall–Kier alpha value is -2.79. The van der Waals surface area contributed by atoms with Gasteiger partial charge in [0.25, 0.3) is 5.91 Å². The molecule has 0 saturated carbocycles. The van der Waals surface area contributed by atoms with E-state index < -0.39 is 22.2 Å². The number of fused-ring (bicyclic) bond motifs is 1. The monoisotopic (exact) mass is 529 g/mol. The van der Waals surface area contributed by atoms with Gasteiger partial charge in [-0.25, -0.2) is 8.42 Å². The van der Waals surface area contributed by atoms with Gasteiger partial charge in [-0.15, -0.1) is 11.3 Å². The summed E-state index contributed by atoms with van der Waals surface area (Å²) in [4.78, 5) is 26.8. The molecule has 1 aliphatic heterocycles. The van der Waals surface area contributed by atoms with Crippen LogP contribution in [-0.2, 0) is 19.6 Å². The van der Waals surface area contributed by atoms with Gasteiger partial charge in [-0.3, -0.25) is 9.59 Å². The van der Waals surface area contributed by atoms with Crippen LogP contribution in [0.1, 0.15) is 29.9 Å². The Bertz CT molecular complexity index is 1270. The minimum absolute atomic E-state index is 0.139. The molecule has 192 valence electrons. The summed E-state index contributed by atoms with van der Waals surface area (Å²) in [5.41, 5.74) is 0. The summed E-state index contributed by atoms with van der Waals surface area (Å²) in [7, 11) is -3.64. The molecule has 0 radical (unpaired) electrons. The molecule has 1 fully saturated rings. The zero-order chi connectivity index (χ0) is 25.7. The average molecular weight is 530 g/mol. The summed E-state index contributed by atoms with van der Waals surface area (Å²) in [6, 6.07) is 17.2. The number of thiophene rings is 1. The lowest BCUT2D eigenvalue weighted by atomic mass is 10.0. The SMILES string of the molecule is CC(C)C[C@H](NC(=O)c1cc2ccccc2s1)C(=O)NC[C@H]1CN(S(=O)(=O)c2ccccc2)CCO1. The normalized spacial score (nSPS) is 17.7. The van der Waals surface area contributed by atoms with Crippen molar-refractivity contribution in [1.29, 1.82) is 0 Å². The molecule has 3 aromatic rings. The van der Waals surface area contributed by atoms with Gasteiger partial charge in [0.05, 0.1) is 22.5 Å². The number of nitrogens with one attached hydrogen (secondary N) is 2. The molecule has 0 spiro atoms. The molecule has 10 heteroatoms. The largest absolute Gasteiger partial charge is 0.374 e. The van der Waals surface area contributed by atoms with Gasteiger partial charge in [0.2, 0.25) is 15.9 Å². The number of carbonyl (C=O) groups excluding carboxylic acids is 2. The van der Waals surface area contributed by atoms with Crippen LogP contribution < -0.4 is 10.6 Å². The first-order chi connectivity index (χ1) is 17.2. The van der Waals surface area contributed by atoms with E-state index in [1.807, 2.05) is 44.2 Å². The van der Waals surface area contributed by atoms with Crippen molar-refractivity contribution in [2.45, 2.75) is 37.3 Å². The summed E-state index contributed by atoms with van der Waals surface area (Å²) >= 11 is 1.39. The maximum atomic E-state index is 13.1. The Kier molecular flexibility index (Phi) is 8.40. The molecular weight excluding hydrogens is 498 g/mol. The number of amides is 2. The van der Waals surface area contributed by atoms with Gasteiger partial charge >= 0.3 is 0 Å². The predicted octanol–water partition coefficient (Wildman–Crippen LogP) is 3.25. The second kappa shape index (κ2) is 11.5. The first-order valence-corrected chi connectivity index (χ1v) is 14.2. The number of morpholine rings is 1. The average Bonchev–Trinajstić information content (AvgIpc) is 3.32. The number of hydrogen-bond acceptors (Lipinski definition) is 6. The quantitative estimate of drug-likeness (QED) is 0.443. The van der Waals surface area contributed by atoms with Crippen molar-refractivity contribution in [3.05, 3.63) is 65.5 Å². The third-order valence-corrected chi connectivity index (χ3v) is 8.96. The van der Waals surface area contributed by atoms with Crippen LogP contribution in [-0.4, -0.2) is 62.9 Å². The Labute approximate surface area is 215 Å². The highest BCUT2D eigenvalue weighted by Gasteiger charge is 2.31. The Morgan fingerprint density at radius 2 is 1.83 bits per heavy atom. The molecule has 1 saturated heterocycles. The molecule has 1 aliphatic rings. The topological polar surface area (TPSA) is 105 Å². The van der Waals surface area contributed by atoms with Gasteiger partial charge in [-0.1, -0.05) is 50.2 Å². The molecule has 2 heterocycles. The zero-order valence-electron chi connectivity index (χ0n) is 20.3. The van der Waals surface area contributed by atoms with Crippen molar-refractivity contribution in [3.63, 3.8) is 0 Å². The lowest BCUT2D eigenvalue weighted by Gasteiger charge is -2.32. The summed E-state index contributed by atoms with van der Waals surface area (Å²) in [5, 5.41) is 6.72. The molecule has 2 amide bonds. The minimum atomic E-state index is -3.64. The predicted molar refractivity (Wildman–Crippen MR) is 140 cm³/mol. The highest BCUT2D eigenvalue weighted by Crippen LogP contribution is 2.25. The van der Waals surface area contributed by atoms with E-state index in [0.29, 0.717) is 11.3 Å². The van der Waals surface area contributed by atoms with E-state index in [-0.39, 0.29) is 48.9 Å². The Morgan fingerprint density at radius 1 is 1.11 bits per heavy atom. The highest BCUT2D eigenvalue weighted by atomic mass is 32.2. The molecule has 8 nitrogen and oxygen atoms in total. The standard InChI is InChI=1S/C26H31N3O5S2/c1-18(2)14-22(28-26(31)24-15-19-8-6-7-11-23(19)35-24)25(30)27-16-20-17-29(12-13-34-20)36(32,33)21-9-4-3-5-10-21/h3-11,15,18,20,22H,12-14,16-17H2,1-2H3,(H,27,30)(H,28,31)/t20-,22-/m0/s1. The van der Waals surface area contributed by atoms with E-state index in [0.717, 1.165) is 10.1 Å². The number of hydrogen-bond donors (Lipinski definition) is 2. The maximum Gasteiger partial charge on any atom is 0.262 e. The number of benzene rings is 2. The lowest BCUT2D eigenvalue weighted by molar-refractivity contribution is -0.124. The number of carbonyl (C=O) groups is 2. The van der Waals surface area contributed by atoms with Gasteiger partial charge in [0, 0.05) is 24.3 Å². The van der Waals surface area contributed by atoms with Gasteiger partial charge < -0.3 is 15.4 Å². The van der Waals surface area contributed by atoms with Crippen LogP contribution in [0.2, 0.25) is 0 Å². The summed E-state index contributed by atoms with van der Waals surface area (Å²) in [6.07, 6.45) is -0.0122. The lowest BCUT2D eigenvalue weighted by Crippen LogP contribution is -2.52. The molecule has 2 N–H and O–H groups in total. The van der Waals surface area contributed by atoms with Crippen molar-refractivity contribution in [2.24, 2.45) is 5.92 Å². The summed E-state index contributed by atoms with van der Waals surface area (Å²) in [6.45, 7) is 4.76. The van der Waals surface area contributed by atoms with Crippen LogP contribution in [0.25, 0.3) is 10.1 Å². The van der Waals surface area contributed by atoms with E-state index in [2.05, 4.69) is 10.6 Å². The molecule has 0 aliphatic carbocycles. The summed E-state index contributed by atoms with van der Waals surface area (Å²) in [5.74, 6) is -0.420. The van der Waals surface area contributed by atoms with Crippen molar-refractivity contribution >= 4 is 43.3 Å². The van der Waals surface area contributed by atoms with Crippen LogP contribution >= 0.6 is 11.3 Å². The highest BCUT2D eigenvalue weighted by molar-refractivity contribution is 7.89. The number of nitrogens with zero attached hydrogens (tertiary/aromatic N) is 1. The molecule has 36 heavy (non-hydrogen) atoms. The number of sulfonamides is 1. The molecular formula is C26H31N3O5S2. The maximum absolute atomic E-state index is 13.1. The van der Waals surface area contributed by atoms with Gasteiger partial charge in [-0.2, -0.15) is 4.31 Å². The fourth-order valence-corrected chi connectivity index (χ4v) is 6.58. The molecule has 2 aromatic carbocycles.